The van der Waals surface area contributed by atoms with E-state index < -0.39 is 28.3 Å². The monoisotopic (exact) mass is 507 g/mol. The topological polar surface area (TPSA) is 90.9 Å². The van der Waals surface area contributed by atoms with E-state index in [0.29, 0.717) is 45.8 Å². The third-order valence-electron chi connectivity index (χ3n) is 6.92. The van der Waals surface area contributed by atoms with Crippen LogP contribution in [-0.4, -0.2) is 47.4 Å². The van der Waals surface area contributed by atoms with Crippen LogP contribution in [-0.2, 0) is 15.7 Å². The van der Waals surface area contributed by atoms with Crippen LogP contribution in [0.4, 0.5) is 10.1 Å². The largest absolute Gasteiger partial charge is 0.478 e. The van der Waals surface area contributed by atoms with Crippen molar-refractivity contribution in [3.63, 3.8) is 0 Å². The molecule has 2 aromatic carbocycles. The van der Waals surface area contributed by atoms with Gasteiger partial charge in [0.1, 0.15) is 16.8 Å². The first-order valence-electron chi connectivity index (χ1n) is 11.6. The van der Waals surface area contributed by atoms with Crippen LogP contribution in [0.5, 0.6) is 0 Å². The Morgan fingerprint density at radius 3 is 2.71 bits per heavy atom. The molecular weight excluding hydrogens is 481 g/mol. The Bertz CT molecular complexity index is 1120. The second-order valence-electron chi connectivity index (χ2n) is 9.02. The number of hydrogen-bond acceptors (Lipinski definition) is 5. The number of ether oxygens (including phenoxy) is 1. The van der Waals surface area contributed by atoms with Gasteiger partial charge in [-0.3, -0.25) is 5.32 Å². The van der Waals surface area contributed by atoms with E-state index in [9.17, 15) is 18.5 Å². The molecule has 3 atom stereocenters. The van der Waals surface area contributed by atoms with Gasteiger partial charge < -0.3 is 14.7 Å². The van der Waals surface area contributed by atoms with E-state index in [1.54, 1.807) is 12.1 Å². The fourth-order valence-corrected chi connectivity index (χ4v) is 6.69. The summed E-state index contributed by atoms with van der Waals surface area (Å²) < 4.78 is 36.8. The zero-order valence-corrected chi connectivity index (χ0v) is 20.1. The molecule has 3 aliphatic rings. The summed E-state index contributed by atoms with van der Waals surface area (Å²) in [7, 11) is -1.52. The van der Waals surface area contributed by atoms with Crippen molar-refractivity contribution in [2.45, 2.75) is 49.4 Å². The molecule has 5 rings (SSSR count). The number of fused-ring (bicyclic) bond motifs is 1. The SMILES string of the molecule is O=C(O)c1cc(-c2cc3c(cc2Cl)N(C2NCCO2)C[C@@H](C2CCCCC2)NS3=O)ccc1F. The molecule has 2 aliphatic heterocycles. The van der Waals surface area contributed by atoms with E-state index in [4.69, 9.17) is 16.3 Å². The number of carbonyl (C=O) groups is 1. The Hall–Kier alpha value is -2.04. The van der Waals surface area contributed by atoms with Gasteiger partial charge in [0.15, 0.2) is 6.35 Å². The van der Waals surface area contributed by atoms with E-state index in [-0.39, 0.29) is 12.4 Å². The van der Waals surface area contributed by atoms with E-state index in [1.165, 1.54) is 31.4 Å². The second-order valence-corrected chi connectivity index (χ2v) is 10.6. The van der Waals surface area contributed by atoms with Gasteiger partial charge in [-0.15, -0.1) is 0 Å². The molecule has 1 saturated heterocycles. The fourth-order valence-electron chi connectivity index (χ4n) is 5.16. The van der Waals surface area contributed by atoms with Crippen LogP contribution in [0, 0.1) is 11.7 Å². The first-order valence-corrected chi connectivity index (χ1v) is 13.1. The number of hydrogen-bond donors (Lipinski definition) is 3. The van der Waals surface area contributed by atoms with Crippen molar-refractivity contribution in [3.05, 3.63) is 46.7 Å². The molecular formula is C24H27ClFN3O4S. The normalized spacial score (nSPS) is 25.7. The predicted molar refractivity (Wildman–Crippen MR) is 129 cm³/mol. The number of carboxylic acid groups (broad SMARTS) is 1. The van der Waals surface area contributed by atoms with Crippen molar-refractivity contribution in [2.24, 2.45) is 5.92 Å². The van der Waals surface area contributed by atoms with E-state index in [1.807, 2.05) is 0 Å². The molecule has 0 spiro atoms. The minimum absolute atomic E-state index is 0.0196. The first kappa shape index (κ1) is 23.7. The van der Waals surface area contributed by atoms with E-state index in [0.717, 1.165) is 25.5 Å². The summed E-state index contributed by atoms with van der Waals surface area (Å²) in [5.41, 5.74) is 1.20. The lowest BCUT2D eigenvalue weighted by Crippen LogP contribution is -2.51. The molecule has 1 saturated carbocycles. The summed E-state index contributed by atoms with van der Waals surface area (Å²) >= 11 is 6.68. The smallest absolute Gasteiger partial charge is 0.338 e. The number of benzene rings is 2. The third kappa shape index (κ3) is 4.59. The molecule has 2 unspecified atom stereocenters. The van der Waals surface area contributed by atoms with Crippen LogP contribution in [0.15, 0.2) is 35.2 Å². The fraction of sp³-hybridized carbons (Fsp3) is 0.458. The maximum atomic E-state index is 14.0. The minimum Gasteiger partial charge on any atom is -0.478 e. The molecule has 3 N–H and O–H groups in total. The number of nitrogens with zero attached hydrogens (tertiary/aromatic N) is 1. The van der Waals surface area contributed by atoms with Gasteiger partial charge in [-0.2, -0.15) is 0 Å². The quantitative estimate of drug-likeness (QED) is 0.576. The molecule has 182 valence electrons. The summed E-state index contributed by atoms with van der Waals surface area (Å²) in [5, 5.41) is 13.0. The molecule has 7 nitrogen and oxygen atoms in total. The highest BCUT2D eigenvalue weighted by atomic mass is 35.5. The zero-order valence-electron chi connectivity index (χ0n) is 18.6. The van der Waals surface area contributed by atoms with Crippen molar-refractivity contribution < 1.29 is 23.2 Å². The lowest BCUT2D eigenvalue weighted by Gasteiger charge is -2.35. The Morgan fingerprint density at radius 2 is 2.00 bits per heavy atom. The van der Waals surface area contributed by atoms with Gasteiger partial charge in [-0.1, -0.05) is 36.9 Å². The average molecular weight is 508 g/mol. The minimum atomic E-state index is -1.52. The Kier molecular flexibility index (Phi) is 6.90. The van der Waals surface area contributed by atoms with Crippen molar-refractivity contribution >= 4 is 34.2 Å². The predicted octanol–water partition coefficient (Wildman–Crippen LogP) is 4.13. The molecule has 0 bridgehead atoms. The van der Waals surface area contributed by atoms with Crippen LogP contribution in [0.25, 0.3) is 11.1 Å². The Morgan fingerprint density at radius 1 is 1.21 bits per heavy atom. The molecule has 0 aromatic heterocycles. The molecule has 34 heavy (non-hydrogen) atoms. The second kappa shape index (κ2) is 9.91. The van der Waals surface area contributed by atoms with Crippen molar-refractivity contribution in [1.29, 1.82) is 0 Å². The molecule has 2 aromatic rings. The summed E-state index contributed by atoms with van der Waals surface area (Å²) in [6.07, 6.45) is 5.42. The zero-order chi connectivity index (χ0) is 23.8. The Labute approximate surface area is 205 Å². The highest BCUT2D eigenvalue weighted by Crippen LogP contribution is 2.40. The number of nitrogens with one attached hydrogen (secondary N) is 2. The molecule has 1 aliphatic carbocycles. The lowest BCUT2D eigenvalue weighted by molar-refractivity contribution is 0.0692. The molecule has 0 radical (unpaired) electrons. The van der Waals surface area contributed by atoms with Gasteiger partial charge in [0.05, 0.1) is 27.8 Å². The summed E-state index contributed by atoms with van der Waals surface area (Å²) in [6.45, 7) is 1.93. The number of carboxylic acids is 1. The van der Waals surface area contributed by atoms with Crippen LogP contribution in [0.1, 0.15) is 42.5 Å². The van der Waals surface area contributed by atoms with Gasteiger partial charge in [0.2, 0.25) is 0 Å². The average Bonchev–Trinajstić information content (AvgIpc) is 3.32. The Balaban J connectivity index is 1.58. The maximum absolute atomic E-state index is 14.0. The summed E-state index contributed by atoms with van der Waals surface area (Å²) in [6, 6.07) is 7.33. The summed E-state index contributed by atoms with van der Waals surface area (Å²) in [4.78, 5) is 14.1. The van der Waals surface area contributed by atoms with E-state index in [2.05, 4.69) is 14.9 Å². The molecule has 2 heterocycles. The highest BCUT2D eigenvalue weighted by molar-refractivity contribution is 7.83. The van der Waals surface area contributed by atoms with Crippen molar-refractivity contribution in [2.75, 3.05) is 24.6 Å². The van der Waals surface area contributed by atoms with Gasteiger partial charge >= 0.3 is 5.97 Å². The summed E-state index contributed by atoms with van der Waals surface area (Å²) in [5.74, 6) is -1.76. The number of anilines is 1. The third-order valence-corrected chi connectivity index (χ3v) is 8.47. The van der Waals surface area contributed by atoms with Gasteiger partial charge in [0, 0.05) is 24.7 Å². The number of rotatable bonds is 4. The van der Waals surface area contributed by atoms with Crippen LogP contribution in [0.3, 0.4) is 0 Å². The first-order chi connectivity index (χ1) is 16.4. The molecule has 0 amide bonds. The number of halogens is 2. The molecule has 10 heteroatoms. The number of aromatic carboxylic acids is 1. The highest BCUT2D eigenvalue weighted by Gasteiger charge is 2.36. The van der Waals surface area contributed by atoms with Crippen LogP contribution < -0.4 is 14.9 Å². The van der Waals surface area contributed by atoms with Crippen LogP contribution in [0.2, 0.25) is 5.02 Å². The maximum Gasteiger partial charge on any atom is 0.338 e. The standard InChI is InChI=1S/C24H27ClFN3O4S/c25-18-12-21-22(11-16(18)15-6-7-19(26)17(10-15)23(30)31)34(32)28-20(14-4-2-1-3-5-14)13-29(21)24-27-8-9-33-24/h6-7,10-12,14,20,24,27-28H,1-5,8-9,13H2,(H,30,31)/t20-,24?,34?/m0/s1. The lowest BCUT2D eigenvalue weighted by atomic mass is 9.84. The van der Waals surface area contributed by atoms with E-state index >= 15 is 0 Å². The van der Waals surface area contributed by atoms with Gasteiger partial charge in [-0.25, -0.2) is 18.1 Å². The van der Waals surface area contributed by atoms with Crippen molar-refractivity contribution in [1.82, 2.24) is 10.0 Å². The van der Waals surface area contributed by atoms with Gasteiger partial charge in [0.25, 0.3) is 0 Å². The van der Waals surface area contributed by atoms with Gasteiger partial charge in [-0.05, 0) is 48.6 Å². The van der Waals surface area contributed by atoms with Crippen molar-refractivity contribution in [3.8, 4) is 11.1 Å². The molecule has 2 fully saturated rings. The van der Waals surface area contributed by atoms with Crippen LogP contribution >= 0.6 is 11.6 Å².